The fourth-order valence-electron chi connectivity index (χ4n) is 12.0. The first-order valence-electron chi connectivity index (χ1n) is 29.9. The number of carbonyl (C=O) groups is 4. The average molecular weight is 1400 g/mol. The first-order chi connectivity index (χ1) is 43.3. The number of allylic oxidation sites excluding steroid dienone is 1. The van der Waals surface area contributed by atoms with Crippen LogP contribution in [0.4, 0.5) is 0 Å². The van der Waals surface area contributed by atoms with E-state index in [0.29, 0.717) is 90.1 Å². The van der Waals surface area contributed by atoms with E-state index in [9.17, 15) is 59.8 Å². The van der Waals surface area contributed by atoms with Gasteiger partial charge in [-0.05, 0) is 160 Å². The van der Waals surface area contributed by atoms with Crippen LogP contribution in [-0.2, 0) is 79.1 Å². The molecule has 7 N–H and O–H groups in total. The van der Waals surface area contributed by atoms with Gasteiger partial charge in [0.1, 0.15) is 34.1 Å². The van der Waals surface area contributed by atoms with Gasteiger partial charge in [0.2, 0.25) is 0 Å². The van der Waals surface area contributed by atoms with Gasteiger partial charge in [-0.2, -0.15) is 0 Å². The normalized spacial score (nSPS) is 16.5. The summed E-state index contributed by atoms with van der Waals surface area (Å²) in [5.41, 5.74) is 5.13. The van der Waals surface area contributed by atoms with Crippen molar-refractivity contribution >= 4 is 101 Å². The molecule has 19 nitrogen and oxygen atoms in total. The topological polar surface area (TPSA) is 331 Å². The number of phenolic OH excluding ortho intramolecular Hbond substituents is 2. The van der Waals surface area contributed by atoms with E-state index in [0.717, 1.165) is 24.3 Å². The summed E-state index contributed by atoms with van der Waals surface area (Å²) in [6.07, 6.45) is 5.88. The quantitative estimate of drug-likeness (QED) is 0.0300. The van der Waals surface area contributed by atoms with E-state index in [1.54, 1.807) is 119 Å². The summed E-state index contributed by atoms with van der Waals surface area (Å²) in [4.78, 5) is 51.2. The summed E-state index contributed by atoms with van der Waals surface area (Å²) < 4.78 is 93.2. The van der Waals surface area contributed by atoms with Crippen LogP contribution in [0.2, 0.25) is 0 Å². The molecular weight excluding hydrogens is 1310 g/mol. The molecule has 0 amide bonds. The minimum absolute atomic E-state index is 0. The molecule has 98 heavy (non-hydrogen) atoms. The van der Waals surface area contributed by atoms with Crippen LogP contribution in [-0.4, -0.2) is 132 Å². The van der Waals surface area contributed by atoms with Gasteiger partial charge in [0.05, 0.1) is 37.8 Å². The molecule has 10 rings (SSSR count). The maximum absolute atomic E-state index is 12.9. The number of carbonyl (C=O) groups excluding carboxylic acids is 4. The van der Waals surface area contributed by atoms with Crippen molar-refractivity contribution in [1.82, 2.24) is 0 Å². The Morgan fingerprint density at radius 1 is 0.490 bits per heavy atom. The Balaban J connectivity index is 0.000000370. The standard InChI is InChI=1S/C24H24O6S.C24H28O6S.C24H26O5S.CH2B.2CH4.2H2O/c1-23(2)13-19(25)29-18-11-8-15(12-17(18)23)20-21(24(3,4)30-22(20)26)14-6-9-16(10-7-14)31(5,27)28;1-23(2,12-13-25)18-14-16(8-11-19(18)26)20-21(24(3,4)30-22(20)27)15-6-9-17(10-7-15)31(5,28)29;1-7-23(2,3)18-14-16(10-13-19(18)25)20-21(24(4,5)29-22(20)26)15-8-11-17(12-9-15)30(6,27)28;1-2;;;;/h6-12H,13H2,1-5H3;6-11,14,25-26H,12-13H2,1-5H3;7-14,25H,1H2,2-6H3;1H2;2*1H4;2*1H2. The summed E-state index contributed by atoms with van der Waals surface area (Å²) in [5, 5.41) is 30.2. The van der Waals surface area contributed by atoms with Crippen LogP contribution < -0.4 is 4.74 Å². The third kappa shape index (κ3) is 17.5. The van der Waals surface area contributed by atoms with Crippen LogP contribution in [0.15, 0.2) is 155 Å². The number of rotatable bonds is 14. The summed E-state index contributed by atoms with van der Waals surface area (Å²) in [5.74, 6) is -0.967. The van der Waals surface area contributed by atoms with E-state index in [4.69, 9.17) is 18.9 Å². The molecule has 1 radical (unpaired) electrons. The summed E-state index contributed by atoms with van der Waals surface area (Å²) in [7, 11) is -5.75. The molecule has 0 unspecified atom stereocenters. The van der Waals surface area contributed by atoms with Crippen LogP contribution in [0.25, 0.3) is 33.4 Å². The number of cyclic esters (lactones) is 3. The zero-order valence-electron chi connectivity index (χ0n) is 56.6. The van der Waals surface area contributed by atoms with Gasteiger partial charge in [0.15, 0.2) is 29.5 Å². The summed E-state index contributed by atoms with van der Waals surface area (Å²) in [6, 6.07) is 34.6. The Hall–Kier alpha value is -8.58. The fourth-order valence-corrected chi connectivity index (χ4v) is 13.9. The number of aliphatic hydroxyl groups excluding tert-OH is 1. The molecule has 0 fully saturated rings. The van der Waals surface area contributed by atoms with Crippen LogP contribution in [0.5, 0.6) is 17.2 Å². The molecule has 23 heteroatoms. The Kier molecular flexibility index (Phi) is 25.8. The van der Waals surface area contributed by atoms with E-state index < -0.39 is 80.5 Å². The monoisotopic (exact) mass is 1400 g/mol. The molecule has 0 saturated heterocycles. The first-order valence-corrected chi connectivity index (χ1v) is 35.6. The molecule has 4 heterocycles. The predicted octanol–water partition coefficient (Wildman–Crippen LogP) is 11.3. The second-order valence-corrected chi connectivity index (χ2v) is 32.9. The molecule has 0 atom stereocenters. The van der Waals surface area contributed by atoms with Gasteiger partial charge >= 0.3 is 37.8 Å². The molecular formula is C75H92BO19S3. The Labute approximate surface area is 578 Å². The van der Waals surface area contributed by atoms with Crippen molar-refractivity contribution in [2.75, 3.05) is 25.4 Å². The zero-order chi connectivity index (χ0) is 70.4. The van der Waals surface area contributed by atoms with Crippen LogP contribution in [0.3, 0.4) is 0 Å². The van der Waals surface area contributed by atoms with Crippen molar-refractivity contribution < 1.29 is 89.7 Å². The molecule has 0 bridgehead atoms. The van der Waals surface area contributed by atoms with Crippen molar-refractivity contribution in [1.29, 1.82) is 0 Å². The number of phenols is 2. The molecule has 6 aromatic rings. The number of sulfone groups is 3. The third-order valence-corrected chi connectivity index (χ3v) is 20.4. The Morgan fingerprint density at radius 3 is 1.10 bits per heavy atom. The number of hydrogen-bond donors (Lipinski definition) is 3. The molecule has 0 aliphatic carbocycles. The molecule has 527 valence electrons. The van der Waals surface area contributed by atoms with E-state index in [2.05, 4.69) is 20.5 Å². The second-order valence-electron chi connectivity index (χ2n) is 26.8. The van der Waals surface area contributed by atoms with Crippen molar-refractivity contribution in [3.63, 3.8) is 0 Å². The fraction of sp³-hybridized carbons (Fsp3) is 0.347. The number of esters is 4. The van der Waals surface area contributed by atoms with Crippen LogP contribution >= 0.6 is 0 Å². The van der Waals surface area contributed by atoms with Gasteiger partial charge in [-0.15, -0.1) is 6.58 Å². The van der Waals surface area contributed by atoms with E-state index >= 15 is 0 Å². The van der Waals surface area contributed by atoms with Crippen LogP contribution in [0.1, 0.15) is 161 Å². The van der Waals surface area contributed by atoms with Gasteiger partial charge in [-0.1, -0.05) is 117 Å². The molecule has 0 spiro atoms. The first kappa shape index (κ1) is 83.7. The summed E-state index contributed by atoms with van der Waals surface area (Å²) >= 11 is 0. The number of ether oxygens (including phenoxy) is 4. The second kappa shape index (κ2) is 30.3. The molecule has 4 aliphatic rings. The predicted molar refractivity (Wildman–Crippen MR) is 387 cm³/mol. The molecule has 6 aromatic carbocycles. The maximum atomic E-state index is 12.9. The van der Waals surface area contributed by atoms with Crippen molar-refractivity contribution in [2.24, 2.45) is 0 Å². The Morgan fingerprint density at radius 2 is 0.786 bits per heavy atom. The van der Waals surface area contributed by atoms with Gasteiger partial charge in [0, 0.05) is 69.6 Å². The number of benzene rings is 6. The number of aliphatic hydroxyl groups is 1. The number of fused-ring (bicyclic) bond motifs is 1. The van der Waals surface area contributed by atoms with E-state index in [1.165, 1.54) is 36.4 Å². The third-order valence-electron chi connectivity index (χ3n) is 17.0. The van der Waals surface area contributed by atoms with Crippen molar-refractivity contribution in [3.8, 4) is 17.2 Å². The van der Waals surface area contributed by atoms with Gasteiger partial charge in [0.25, 0.3) is 0 Å². The molecule has 0 saturated carbocycles. The van der Waals surface area contributed by atoms with Gasteiger partial charge < -0.3 is 45.2 Å². The summed E-state index contributed by atoms with van der Waals surface area (Å²) in [6.45, 7) is 29.0. The van der Waals surface area contributed by atoms with Gasteiger partial charge in [-0.3, -0.25) is 4.79 Å². The molecule has 0 aromatic heterocycles. The van der Waals surface area contributed by atoms with E-state index in [1.807, 2.05) is 61.5 Å². The van der Waals surface area contributed by atoms with Crippen molar-refractivity contribution in [3.05, 3.63) is 190 Å². The van der Waals surface area contributed by atoms with Gasteiger partial charge in [-0.25, -0.2) is 39.6 Å². The number of hydrogen-bond acceptors (Lipinski definition) is 17. The number of aromatic hydroxyl groups is 2. The SMILES string of the molecule is C.C.C=CC(C)(C)c1cc(C2=C(c3ccc(S(C)(=O)=O)cc3)C(C)(C)OC2=O)ccc1O.CC1(C)OC(=O)C(c2ccc(O)c(C(C)(C)CCO)c2)=C1c1ccc(S(C)(=O)=O)cc1.CC1(C)OC(=O)C(c2ccc3c(c2)C(C)(C)CC(=O)O3)=C1c1ccc(S(C)(=O)=O)cc1.O.O.[B]=C. The van der Waals surface area contributed by atoms with E-state index in [-0.39, 0.29) is 71.0 Å². The average Bonchev–Trinajstić information content (AvgIpc) is 1.56. The van der Waals surface area contributed by atoms with Crippen LogP contribution in [0, 0.1) is 0 Å². The molecule has 4 aliphatic heterocycles. The zero-order valence-corrected chi connectivity index (χ0v) is 59.0. The Bertz CT molecular complexity index is 4510. The van der Waals surface area contributed by atoms with Crippen molar-refractivity contribution in [2.45, 2.75) is 159 Å². The minimum atomic E-state index is -3.34.